The molecule has 0 atom stereocenters. The summed E-state index contributed by atoms with van der Waals surface area (Å²) in [6, 6.07) is 10.5. The first-order valence-electron chi connectivity index (χ1n) is 10.6. The van der Waals surface area contributed by atoms with Crippen LogP contribution >= 0.6 is 0 Å². The number of nitrogens with one attached hydrogen (secondary N) is 2. The van der Waals surface area contributed by atoms with Gasteiger partial charge in [-0.25, -0.2) is 0 Å². The fourth-order valence-electron chi connectivity index (χ4n) is 4.20. The molecular formula is C23H34N4O. The van der Waals surface area contributed by atoms with Crippen LogP contribution in [-0.2, 0) is 11.2 Å². The van der Waals surface area contributed by atoms with Gasteiger partial charge < -0.3 is 15.4 Å². The average molecular weight is 383 g/mol. The highest BCUT2D eigenvalue weighted by atomic mass is 16.5. The molecule has 1 fully saturated rings. The first kappa shape index (κ1) is 20.6. The molecule has 152 valence electrons. The van der Waals surface area contributed by atoms with Gasteiger partial charge in [0, 0.05) is 44.9 Å². The molecule has 1 aliphatic carbocycles. The van der Waals surface area contributed by atoms with Gasteiger partial charge in [-0.05, 0) is 49.7 Å². The minimum absolute atomic E-state index is 0.317. The zero-order valence-electron chi connectivity index (χ0n) is 17.3. The van der Waals surface area contributed by atoms with E-state index < -0.39 is 0 Å². The van der Waals surface area contributed by atoms with Crippen molar-refractivity contribution in [3.63, 3.8) is 0 Å². The molecule has 2 N–H and O–H groups in total. The fraction of sp³-hybridized carbons (Fsp3) is 0.565. The zero-order valence-corrected chi connectivity index (χ0v) is 17.3. The SMILES string of the molecule is CCNC(=NCC1(CCOC)CCCC1)NCCc1cccc2cccnc12. The second kappa shape index (κ2) is 10.4. The minimum Gasteiger partial charge on any atom is -0.385 e. The lowest BCUT2D eigenvalue weighted by molar-refractivity contribution is 0.141. The molecule has 28 heavy (non-hydrogen) atoms. The first-order chi connectivity index (χ1) is 13.8. The molecule has 1 aromatic carbocycles. The Morgan fingerprint density at radius 2 is 2.00 bits per heavy atom. The van der Waals surface area contributed by atoms with E-state index in [0.29, 0.717) is 5.41 Å². The van der Waals surface area contributed by atoms with E-state index in [1.54, 1.807) is 7.11 Å². The molecule has 0 amide bonds. The standard InChI is InChI=1S/C23H34N4O/c1-3-24-22(27-18-23(14-17-28-2)12-4-5-13-23)26-16-11-20-9-6-8-19-10-7-15-25-21(19)20/h6-10,15H,3-5,11-14,16-18H2,1-2H3,(H2,24,26,27). The van der Waals surface area contributed by atoms with Crippen LogP contribution in [0.1, 0.15) is 44.6 Å². The number of guanidine groups is 1. The van der Waals surface area contributed by atoms with Gasteiger partial charge in [-0.15, -0.1) is 0 Å². The zero-order chi connectivity index (χ0) is 19.7. The second-order valence-electron chi connectivity index (χ2n) is 7.81. The maximum Gasteiger partial charge on any atom is 0.191 e. The Balaban J connectivity index is 1.60. The summed E-state index contributed by atoms with van der Waals surface area (Å²) in [4.78, 5) is 9.49. The lowest BCUT2D eigenvalue weighted by atomic mass is 9.83. The van der Waals surface area contributed by atoms with Crippen molar-refractivity contribution in [3.05, 3.63) is 42.1 Å². The van der Waals surface area contributed by atoms with E-state index in [-0.39, 0.29) is 0 Å². The largest absolute Gasteiger partial charge is 0.385 e. The Bertz CT molecular complexity index is 763. The molecule has 5 nitrogen and oxygen atoms in total. The highest BCUT2D eigenvalue weighted by molar-refractivity contribution is 5.82. The van der Waals surface area contributed by atoms with Crippen LogP contribution in [0.3, 0.4) is 0 Å². The van der Waals surface area contributed by atoms with Gasteiger partial charge in [-0.3, -0.25) is 9.98 Å². The number of rotatable bonds is 9. The maximum absolute atomic E-state index is 5.35. The van der Waals surface area contributed by atoms with Crippen LogP contribution in [0, 0.1) is 5.41 Å². The van der Waals surface area contributed by atoms with Crippen LogP contribution in [0.25, 0.3) is 10.9 Å². The molecule has 0 saturated heterocycles. The molecule has 1 aliphatic rings. The monoisotopic (exact) mass is 382 g/mol. The predicted molar refractivity (Wildman–Crippen MR) is 117 cm³/mol. The number of para-hydroxylation sites is 1. The van der Waals surface area contributed by atoms with Gasteiger partial charge in [0.05, 0.1) is 5.52 Å². The highest BCUT2D eigenvalue weighted by Gasteiger charge is 2.33. The lowest BCUT2D eigenvalue weighted by Gasteiger charge is -2.27. The normalized spacial score (nSPS) is 16.4. The van der Waals surface area contributed by atoms with E-state index in [1.165, 1.54) is 36.6 Å². The summed E-state index contributed by atoms with van der Waals surface area (Å²) in [6.07, 6.45) is 9.06. The van der Waals surface area contributed by atoms with Gasteiger partial charge in [0.1, 0.15) is 0 Å². The Morgan fingerprint density at radius 1 is 1.18 bits per heavy atom. The summed E-state index contributed by atoms with van der Waals surface area (Å²) < 4.78 is 5.35. The van der Waals surface area contributed by atoms with Crippen LogP contribution in [0.5, 0.6) is 0 Å². The van der Waals surface area contributed by atoms with Crippen LogP contribution in [0.2, 0.25) is 0 Å². The summed E-state index contributed by atoms with van der Waals surface area (Å²) in [5.74, 6) is 0.916. The molecule has 1 heterocycles. The number of methoxy groups -OCH3 is 1. The van der Waals surface area contributed by atoms with E-state index in [2.05, 4.69) is 46.8 Å². The molecule has 3 rings (SSSR count). The molecular weight excluding hydrogens is 348 g/mol. The number of ether oxygens (including phenoxy) is 1. The van der Waals surface area contributed by atoms with E-state index in [1.807, 2.05) is 12.3 Å². The van der Waals surface area contributed by atoms with Crippen LogP contribution in [-0.4, -0.2) is 44.3 Å². The van der Waals surface area contributed by atoms with E-state index >= 15 is 0 Å². The third-order valence-corrected chi connectivity index (χ3v) is 5.82. The summed E-state index contributed by atoms with van der Waals surface area (Å²) >= 11 is 0. The fourth-order valence-corrected chi connectivity index (χ4v) is 4.20. The van der Waals surface area contributed by atoms with Crippen LogP contribution in [0.15, 0.2) is 41.5 Å². The van der Waals surface area contributed by atoms with Crippen LogP contribution in [0.4, 0.5) is 0 Å². The van der Waals surface area contributed by atoms with Crippen molar-refractivity contribution >= 4 is 16.9 Å². The van der Waals surface area contributed by atoms with Crippen molar-refractivity contribution in [1.82, 2.24) is 15.6 Å². The number of benzene rings is 1. The maximum atomic E-state index is 5.35. The van der Waals surface area contributed by atoms with Gasteiger partial charge >= 0.3 is 0 Å². The Hall–Kier alpha value is -2.14. The molecule has 1 aromatic heterocycles. The van der Waals surface area contributed by atoms with Gasteiger partial charge in [-0.2, -0.15) is 0 Å². The quantitative estimate of drug-likeness (QED) is 0.510. The van der Waals surface area contributed by atoms with Crippen molar-refractivity contribution in [1.29, 1.82) is 0 Å². The number of nitrogens with zero attached hydrogens (tertiary/aromatic N) is 2. The first-order valence-corrected chi connectivity index (χ1v) is 10.6. The van der Waals surface area contributed by atoms with E-state index in [4.69, 9.17) is 9.73 Å². The molecule has 0 aliphatic heterocycles. The predicted octanol–water partition coefficient (Wildman–Crippen LogP) is 3.93. The highest BCUT2D eigenvalue weighted by Crippen LogP contribution is 2.41. The summed E-state index contributed by atoms with van der Waals surface area (Å²) in [7, 11) is 1.79. The summed E-state index contributed by atoms with van der Waals surface area (Å²) in [5.41, 5.74) is 2.68. The van der Waals surface area contributed by atoms with Crippen LogP contribution < -0.4 is 10.6 Å². The lowest BCUT2D eigenvalue weighted by Crippen LogP contribution is -2.39. The topological polar surface area (TPSA) is 58.5 Å². The van der Waals surface area contributed by atoms with Gasteiger partial charge in [0.15, 0.2) is 5.96 Å². The summed E-state index contributed by atoms with van der Waals surface area (Å²) in [6.45, 7) is 5.52. The van der Waals surface area contributed by atoms with Gasteiger partial charge in [0.25, 0.3) is 0 Å². The molecule has 0 bridgehead atoms. The van der Waals surface area contributed by atoms with Crippen molar-refractivity contribution in [2.45, 2.75) is 45.4 Å². The second-order valence-corrected chi connectivity index (χ2v) is 7.81. The van der Waals surface area contributed by atoms with Crippen molar-refractivity contribution in [2.24, 2.45) is 10.4 Å². The Morgan fingerprint density at radius 3 is 2.79 bits per heavy atom. The smallest absolute Gasteiger partial charge is 0.191 e. The molecule has 2 aromatic rings. The molecule has 5 heteroatoms. The molecule has 1 saturated carbocycles. The summed E-state index contributed by atoms with van der Waals surface area (Å²) in [5, 5.41) is 8.10. The van der Waals surface area contributed by atoms with Crippen molar-refractivity contribution in [3.8, 4) is 0 Å². The number of aromatic nitrogens is 1. The number of pyridine rings is 1. The Kier molecular flexibility index (Phi) is 7.66. The van der Waals surface area contributed by atoms with E-state index in [9.17, 15) is 0 Å². The molecule has 0 spiro atoms. The minimum atomic E-state index is 0.317. The number of hydrogen-bond donors (Lipinski definition) is 2. The van der Waals surface area contributed by atoms with Gasteiger partial charge in [0.2, 0.25) is 0 Å². The van der Waals surface area contributed by atoms with Crippen molar-refractivity contribution in [2.75, 3.05) is 33.4 Å². The third kappa shape index (κ3) is 5.44. The molecule has 0 unspecified atom stereocenters. The number of hydrogen-bond acceptors (Lipinski definition) is 3. The van der Waals surface area contributed by atoms with Gasteiger partial charge in [-0.1, -0.05) is 37.1 Å². The number of fused-ring (bicyclic) bond motifs is 1. The van der Waals surface area contributed by atoms with E-state index in [0.717, 1.165) is 50.6 Å². The number of aliphatic imine (C=N–C) groups is 1. The molecule has 0 radical (unpaired) electrons. The average Bonchev–Trinajstić information content (AvgIpc) is 3.20. The Labute approximate surface area is 169 Å². The third-order valence-electron chi connectivity index (χ3n) is 5.82. The van der Waals surface area contributed by atoms with Crippen molar-refractivity contribution < 1.29 is 4.74 Å².